The number of likely N-dealkylation sites (tertiary alicyclic amines) is 1. The van der Waals surface area contributed by atoms with E-state index in [0.29, 0.717) is 18.5 Å². The van der Waals surface area contributed by atoms with Gasteiger partial charge in [0.1, 0.15) is 5.75 Å². The summed E-state index contributed by atoms with van der Waals surface area (Å²) in [6, 6.07) is 8.34. The molecule has 2 rings (SSSR count). The zero-order valence-corrected chi connectivity index (χ0v) is 14.2. The lowest BCUT2D eigenvalue weighted by Gasteiger charge is -2.43. The standard InChI is InChI=1S/C18H28N2O2/c1-14-13-20(3)15(2)11-18(14,21)9-10-19-12-16-5-7-17(22-4)8-6-16/h5-8,12,14-15,21H,9-11,13H2,1-4H3/p+1/t14-,15+,18+/m1/s1. The van der Waals surface area contributed by atoms with Gasteiger partial charge in [-0.2, -0.15) is 0 Å². The highest BCUT2D eigenvalue weighted by atomic mass is 16.5. The summed E-state index contributed by atoms with van der Waals surface area (Å²) in [5.74, 6) is 1.17. The third kappa shape index (κ3) is 4.08. The maximum Gasteiger partial charge on any atom is 0.118 e. The first-order valence-electron chi connectivity index (χ1n) is 8.13. The lowest BCUT2D eigenvalue weighted by atomic mass is 9.77. The number of ether oxygens (including phenoxy) is 1. The van der Waals surface area contributed by atoms with Crippen LogP contribution in [0, 0.1) is 5.92 Å². The Balaban J connectivity index is 1.87. The fraction of sp³-hybridized carbons (Fsp3) is 0.611. The third-order valence-electron chi connectivity index (χ3n) is 5.08. The molecule has 0 spiro atoms. The van der Waals surface area contributed by atoms with Gasteiger partial charge in [-0.05, 0) is 43.2 Å². The number of nitrogens with one attached hydrogen (secondary N) is 1. The molecule has 22 heavy (non-hydrogen) atoms. The lowest BCUT2D eigenvalue weighted by molar-refractivity contribution is -0.916. The number of hydrogen-bond acceptors (Lipinski definition) is 3. The van der Waals surface area contributed by atoms with Gasteiger partial charge in [0.15, 0.2) is 0 Å². The molecule has 1 saturated heterocycles. The predicted molar refractivity (Wildman–Crippen MR) is 90.0 cm³/mol. The van der Waals surface area contributed by atoms with E-state index in [1.807, 2.05) is 30.5 Å². The summed E-state index contributed by atoms with van der Waals surface area (Å²) in [4.78, 5) is 6.00. The van der Waals surface area contributed by atoms with Gasteiger partial charge >= 0.3 is 0 Å². The van der Waals surface area contributed by atoms with Crippen molar-refractivity contribution in [2.24, 2.45) is 10.9 Å². The lowest BCUT2D eigenvalue weighted by Crippen LogP contribution is -3.15. The molecule has 4 heteroatoms. The van der Waals surface area contributed by atoms with E-state index in [0.717, 1.165) is 30.7 Å². The fourth-order valence-electron chi connectivity index (χ4n) is 3.25. The SMILES string of the molecule is COc1ccc(C=NCC[C@]2(O)C[C@H](C)[NH+](C)C[C@H]2C)cc1. The Morgan fingerprint density at radius 3 is 2.68 bits per heavy atom. The molecule has 0 bridgehead atoms. The Bertz CT molecular complexity index is 500. The maximum absolute atomic E-state index is 10.9. The molecule has 0 radical (unpaired) electrons. The number of aliphatic hydroxyl groups is 1. The minimum Gasteiger partial charge on any atom is -0.497 e. The normalized spacial score (nSPS) is 32.3. The first-order chi connectivity index (χ1) is 10.4. The highest BCUT2D eigenvalue weighted by Crippen LogP contribution is 2.28. The first kappa shape index (κ1) is 17.0. The molecule has 4 nitrogen and oxygen atoms in total. The van der Waals surface area contributed by atoms with Crippen LogP contribution >= 0.6 is 0 Å². The Labute approximate surface area is 133 Å². The van der Waals surface area contributed by atoms with Gasteiger partial charge in [-0.3, -0.25) is 4.99 Å². The molecule has 1 heterocycles. The van der Waals surface area contributed by atoms with E-state index in [2.05, 4.69) is 25.9 Å². The number of methoxy groups -OCH3 is 1. The van der Waals surface area contributed by atoms with E-state index >= 15 is 0 Å². The number of hydrogen-bond donors (Lipinski definition) is 2. The van der Waals surface area contributed by atoms with E-state index in [4.69, 9.17) is 4.74 Å². The Morgan fingerprint density at radius 1 is 1.36 bits per heavy atom. The van der Waals surface area contributed by atoms with Crippen molar-refractivity contribution in [3.05, 3.63) is 29.8 Å². The molecule has 0 saturated carbocycles. The second-order valence-corrected chi connectivity index (χ2v) is 6.72. The molecule has 1 fully saturated rings. The highest BCUT2D eigenvalue weighted by Gasteiger charge is 2.42. The summed E-state index contributed by atoms with van der Waals surface area (Å²) in [6.45, 7) is 6.06. The fourth-order valence-corrected chi connectivity index (χ4v) is 3.25. The number of rotatable bonds is 5. The van der Waals surface area contributed by atoms with Crippen molar-refractivity contribution < 1.29 is 14.7 Å². The molecule has 4 atom stereocenters. The number of nitrogens with zero attached hydrogens (tertiary/aromatic N) is 1. The zero-order chi connectivity index (χ0) is 16.2. The summed E-state index contributed by atoms with van der Waals surface area (Å²) in [5, 5.41) is 10.9. The smallest absolute Gasteiger partial charge is 0.118 e. The predicted octanol–water partition coefficient (Wildman–Crippen LogP) is 1.18. The zero-order valence-electron chi connectivity index (χ0n) is 14.2. The molecule has 0 aromatic heterocycles. The molecule has 0 aliphatic carbocycles. The number of piperidine rings is 1. The molecule has 1 aliphatic rings. The maximum atomic E-state index is 10.9. The van der Waals surface area contributed by atoms with Crippen LogP contribution in [0.4, 0.5) is 0 Å². The molecule has 122 valence electrons. The van der Waals surface area contributed by atoms with E-state index in [9.17, 15) is 5.11 Å². The van der Waals surface area contributed by atoms with Gasteiger partial charge in [0, 0.05) is 25.1 Å². The van der Waals surface area contributed by atoms with Crippen LogP contribution in [0.2, 0.25) is 0 Å². The third-order valence-corrected chi connectivity index (χ3v) is 5.08. The van der Waals surface area contributed by atoms with Crippen molar-refractivity contribution in [3.8, 4) is 5.75 Å². The van der Waals surface area contributed by atoms with Crippen LogP contribution in [0.3, 0.4) is 0 Å². The molecule has 1 aromatic rings. The van der Waals surface area contributed by atoms with Crippen LogP contribution < -0.4 is 9.64 Å². The molecule has 1 aliphatic heterocycles. The summed E-state index contributed by atoms with van der Waals surface area (Å²) in [5.41, 5.74) is 0.484. The second kappa shape index (κ2) is 7.25. The van der Waals surface area contributed by atoms with Gasteiger partial charge in [-0.25, -0.2) is 0 Å². The molecular formula is C18H29N2O2+. The van der Waals surface area contributed by atoms with Gasteiger partial charge in [-0.15, -0.1) is 0 Å². The number of benzene rings is 1. The second-order valence-electron chi connectivity index (χ2n) is 6.72. The van der Waals surface area contributed by atoms with E-state index < -0.39 is 5.60 Å². The van der Waals surface area contributed by atoms with Crippen molar-refractivity contribution in [3.63, 3.8) is 0 Å². The molecular weight excluding hydrogens is 276 g/mol. The van der Waals surface area contributed by atoms with Crippen LogP contribution in [0.15, 0.2) is 29.3 Å². The van der Waals surface area contributed by atoms with E-state index in [1.165, 1.54) is 4.90 Å². The quantitative estimate of drug-likeness (QED) is 0.803. The number of quaternary nitrogens is 1. The van der Waals surface area contributed by atoms with Crippen LogP contribution in [0.5, 0.6) is 5.75 Å². The van der Waals surface area contributed by atoms with Gasteiger partial charge in [0.2, 0.25) is 0 Å². The minimum absolute atomic E-state index is 0.319. The van der Waals surface area contributed by atoms with Gasteiger partial charge < -0.3 is 14.7 Å². The molecule has 1 aromatic carbocycles. The average molecular weight is 305 g/mol. The summed E-state index contributed by atoms with van der Waals surface area (Å²) >= 11 is 0. The Kier molecular flexibility index (Phi) is 5.59. The average Bonchev–Trinajstić information content (AvgIpc) is 2.50. The van der Waals surface area contributed by atoms with Crippen molar-refractivity contribution in [2.45, 2.75) is 38.3 Å². The van der Waals surface area contributed by atoms with Crippen LogP contribution in [0.25, 0.3) is 0 Å². The topological polar surface area (TPSA) is 46.3 Å². The van der Waals surface area contributed by atoms with E-state index in [-0.39, 0.29) is 0 Å². The highest BCUT2D eigenvalue weighted by molar-refractivity contribution is 5.79. The van der Waals surface area contributed by atoms with Crippen LogP contribution in [0.1, 0.15) is 32.3 Å². The largest absolute Gasteiger partial charge is 0.497 e. The van der Waals surface area contributed by atoms with Crippen molar-refractivity contribution in [1.29, 1.82) is 0 Å². The Morgan fingerprint density at radius 2 is 2.05 bits per heavy atom. The summed E-state index contributed by atoms with van der Waals surface area (Å²) < 4.78 is 5.14. The van der Waals surface area contributed by atoms with Crippen molar-refractivity contribution >= 4 is 6.21 Å². The van der Waals surface area contributed by atoms with Crippen molar-refractivity contribution in [2.75, 3.05) is 27.2 Å². The Hall–Kier alpha value is -1.39. The van der Waals surface area contributed by atoms with Crippen molar-refractivity contribution in [1.82, 2.24) is 0 Å². The molecule has 0 amide bonds. The van der Waals surface area contributed by atoms with Gasteiger partial charge in [0.05, 0.1) is 32.3 Å². The first-order valence-corrected chi connectivity index (χ1v) is 8.13. The number of aliphatic imine (C=N–C) groups is 1. The van der Waals surface area contributed by atoms with Gasteiger partial charge in [0.25, 0.3) is 0 Å². The monoisotopic (exact) mass is 305 g/mol. The van der Waals surface area contributed by atoms with Gasteiger partial charge in [-0.1, -0.05) is 6.92 Å². The van der Waals surface area contributed by atoms with Crippen LogP contribution in [-0.4, -0.2) is 50.2 Å². The molecule has 1 unspecified atom stereocenters. The molecule has 2 N–H and O–H groups in total. The summed E-state index contributed by atoms with van der Waals surface area (Å²) in [7, 11) is 3.87. The minimum atomic E-state index is -0.573. The van der Waals surface area contributed by atoms with Crippen LogP contribution in [-0.2, 0) is 0 Å². The van der Waals surface area contributed by atoms with E-state index in [1.54, 1.807) is 7.11 Å². The summed E-state index contributed by atoms with van der Waals surface area (Å²) in [6.07, 6.45) is 3.47.